The summed E-state index contributed by atoms with van der Waals surface area (Å²) < 4.78 is 4.95. The van der Waals surface area contributed by atoms with E-state index in [0.29, 0.717) is 6.54 Å². The van der Waals surface area contributed by atoms with E-state index in [1.165, 1.54) is 0 Å². The van der Waals surface area contributed by atoms with E-state index in [9.17, 15) is 9.90 Å². The Morgan fingerprint density at radius 2 is 2.06 bits per heavy atom. The van der Waals surface area contributed by atoms with Crippen molar-refractivity contribution in [2.75, 3.05) is 20.3 Å². The summed E-state index contributed by atoms with van der Waals surface area (Å²) in [6, 6.07) is -0.236. The molecule has 0 saturated heterocycles. The molecule has 3 N–H and O–H groups in total. The Morgan fingerprint density at radius 1 is 1.28 bits per heavy atom. The van der Waals surface area contributed by atoms with Gasteiger partial charge in [-0.25, -0.2) is 4.79 Å². The van der Waals surface area contributed by atoms with Crippen molar-refractivity contribution < 1.29 is 14.6 Å². The van der Waals surface area contributed by atoms with Crippen LogP contribution in [0.2, 0.25) is 0 Å². The highest BCUT2D eigenvalue weighted by atomic mass is 16.5. The van der Waals surface area contributed by atoms with Crippen molar-refractivity contribution in [2.45, 2.75) is 57.1 Å². The van der Waals surface area contributed by atoms with Crippen LogP contribution in [0, 0.1) is 0 Å². The maximum Gasteiger partial charge on any atom is 0.315 e. The fraction of sp³-hybridized carbons (Fsp3) is 0.923. The number of nitrogens with one attached hydrogen (secondary N) is 2. The van der Waals surface area contributed by atoms with Crippen molar-refractivity contribution in [3.63, 3.8) is 0 Å². The SMILES string of the molecule is COCCCCCNC(=O)NC1CCCCC1O. The highest BCUT2D eigenvalue weighted by molar-refractivity contribution is 5.74. The van der Waals surface area contributed by atoms with Gasteiger partial charge in [0.15, 0.2) is 0 Å². The molecule has 0 aromatic carbocycles. The molecule has 1 aliphatic rings. The quantitative estimate of drug-likeness (QED) is 0.605. The van der Waals surface area contributed by atoms with E-state index >= 15 is 0 Å². The Hall–Kier alpha value is -0.810. The number of methoxy groups -OCH3 is 1. The molecule has 5 nitrogen and oxygen atoms in total. The van der Waals surface area contributed by atoms with Crippen LogP contribution in [0.25, 0.3) is 0 Å². The van der Waals surface area contributed by atoms with Crippen molar-refractivity contribution in [3.05, 3.63) is 0 Å². The van der Waals surface area contributed by atoms with E-state index in [4.69, 9.17) is 4.74 Å². The number of hydrogen-bond donors (Lipinski definition) is 3. The second kappa shape index (κ2) is 9.16. The Morgan fingerprint density at radius 3 is 2.78 bits per heavy atom. The van der Waals surface area contributed by atoms with Crippen LogP contribution in [0.4, 0.5) is 4.79 Å². The van der Waals surface area contributed by atoms with E-state index in [0.717, 1.165) is 51.6 Å². The number of aliphatic hydroxyl groups is 1. The Labute approximate surface area is 109 Å². The third-order valence-corrected chi connectivity index (χ3v) is 3.36. The van der Waals surface area contributed by atoms with Crippen molar-refractivity contribution >= 4 is 6.03 Å². The molecular weight excluding hydrogens is 232 g/mol. The van der Waals surface area contributed by atoms with Crippen molar-refractivity contribution in [2.24, 2.45) is 0 Å². The zero-order chi connectivity index (χ0) is 13.2. The predicted molar refractivity (Wildman–Crippen MR) is 70.5 cm³/mol. The monoisotopic (exact) mass is 258 g/mol. The van der Waals surface area contributed by atoms with Crippen LogP contribution in [0.5, 0.6) is 0 Å². The predicted octanol–water partition coefficient (Wildman–Crippen LogP) is 1.41. The van der Waals surface area contributed by atoms with Gasteiger partial charge in [-0.1, -0.05) is 12.8 Å². The minimum Gasteiger partial charge on any atom is -0.391 e. The van der Waals surface area contributed by atoms with E-state index < -0.39 is 0 Å². The van der Waals surface area contributed by atoms with Crippen LogP contribution in [0.3, 0.4) is 0 Å². The Kier molecular flexibility index (Phi) is 7.76. The molecule has 0 spiro atoms. The number of carbonyl (C=O) groups excluding carboxylic acids is 1. The summed E-state index contributed by atoms with van der Waals surface area (Å²) in [6.07, 6.45) is 6.47. The Balaban J connectivity index is 2.02. The van der Waals surface area contributed by atoms with Crippen LogP contribution < -0.4 is 10.6 Å². The van der Waals surface area contributed by atoms with Crippen LogP contribution in [-0.4, -0.2) is 43.5 Å². The molecule has 1 aliphatic carbocycles. The van der Waals surface area contributed by atoms with Gasteiger partial charge in [0.2, 0.25) is 0 Å². The molecule has 2 atom stereocenters. The van der Waals surface area contributed by atoms with E-state index in [2.05, 4.69) is 10.6 Å². The topological polar surface area (TPSA) is 70.6 Å². The van der Waals surface area contributed by atoms with Crippen LogP contribution >= 0.6 is 0 Å². The summed E-state index contributed by atoms with van der Waals surface area (Å²) >= 11 is 0. The Bertz CT molecular complexity index is 236. The summed E-state index contributed by atoms with van der Waals surface area (Å²) in [6.45, 7) is 1.46. The molecule has 1 rings (SSSR count). The first-order valence-corrected chi connectivity index (χ1v) is 6.95. The first-order chi connectivity index (χ1) is 8.74. The van der Waals surface area contributed by atoms with Crippen LogP contribution in [0.1, 0.15) is 44.9 Å². The van der Waals surface area contributed by atoms with Crippen molar-refractivity contribution in [1.82, 2.24) is 10.6 Å². The lowest BCUT2D eigenvalue weighted by Gasteiger charge is -2.28. The molecule has 1 saturated carbocycles. The summed E-state index contributed by atoms with van der Waals surface area (Å²) in [5, 5.41) is 15.4. The van der Waals surface area contributed by atoms with Gasteiger partial charge in [0.25, 0.3) is 0 Å². The maximum atomic E-state index is 11.6. The molecule has 2 amide bonds. The van der Waals surface area contributed by atoms with Gasteiger partial charge < -0.3 is 20.5 Å². The molecule has 18 heavy (non-hydrogen) atoms. The number of amides is 2. The number of hydrogen-bond acceptors (Lipinski definition) is 3. The maximum absolute atomic E-state index is 11.6. The average Bonchev–Trinajstić information content (AvgIpc) is 2.36. The smallest absolute Gasteiger partial charge is 0.315 e. The molecule has 106 valence electrons. The molecular formula is C13H26N2O3. The van der Waals surface area contributed by atoms with Crippen LogP contribution in [0.15, 0.2) is 0 Å². The van der Waals surface area contributed by atoms with Crippen molar-refractivity contribution in [3.8, 4) is 0 Å². The van der Waals surface area contributed by atoms with E-state index in [1.54, 1.807) is 7.11 Å². The molecule has 2 unspecified atom stereocenters. The lowest BCUT2D eigenvalue weighted by atomic mass is 9.93. The highest BCUT2D eigenvalue weighted by Gasteiger charge is 2.24. The molecule has 0 radical (unpaired) electrons. The minimum absolute atomic E-state index is 0.0766. The van der Waals surface area contributed by atoms with E-state index in [1.807, 2.05) is 0 Å². The summed E-state index contributed by atoms with van der Waals surface area (Å²) in [7, 11) is 1.70. The third-order valence-electron chi connectivity index (χ3n) is 3.36. The second-order valence-corrected chi connectivity index (χ2v) is 4.91. The standard InChI is InChI=1S/C13H26N2O3/c1-18-10-6-2-5-9-14-13(17)15-11-7-3-4-8-12(11)16/h11-12,16H,2-10H2,1H3,(H2,14,15,17). The normalized spacial score (nSPS) is 23.7. The minimum atomic E-state index is -0.383. The fourth-order valence-electron chi connectivity index (χ4n) is 2.25. The van der Waals surface area contributed by atoms with Gasteiger partial charge in [0.1, 0.15) is 0 Å². The first-order valence-electron chi connectivity index (χ1n) is 6.95. The van der Waals surface area contributed by atoms with Gasteiger partial charge in [-0.3, -0.25) is 0 Å². The summed E-state index contributed by atoms with van der Waals surface area (Å²) in [5.74, 6) is 0. The molecule has 5 heteroatoms. The lowest BCUT2D eigenvalue weighted by Crippen LogP contribution is -2.49. The van der Waals surface area contributed by atoms with Crippen molar-refractivity contribution in [1.29, 1.82) is 0 Å². The molecule has 0 heterocycles. The van der Waals surface area contributed by atoms with Gasteiger partial charge in [0.05, 0.1) is 12.1 Å². The third kappa shape index (κ3) is 6.21. The molecule has 0 aliphatic heterocycles. The first kappa shape index (κ1) is 15.2. The summed E-state index contributed by atoms with van der Waals surface area (Å²) in [5.41, 5.74) is 0. The lowest BCUT2D eigenvalue weighted by molar-refractivity contribution is 0.0943. The largest absolute Gasteiger partial charge is 0.391 e. The second-order valence-electron chi connectivity index (χ2n) is 4.91. The molecule has 0 bridgehead atoms. The molecule has 0 aromatic heterocycles. The number of urea groups is 1. The van der Waals surface area contributed by atoms with Crippen LogP contribution in [-0.2, 0) is 4.74 Å². The van der Waals surface area contributed by atoms with Gasteiger partial charge in [-0.05, 0) is 32.1 Å². The number of aliphatic hydroxyl groups excluding tert-OH is 1. The number of unbranched alkanes of at least 4 members (excludes halogenated alkanes) is 2. The number of carbonyl (C=O) groups is 1. The van der Waals surface area contributed by atoms with E-state index in [-0.39, 0.29) is 18.2 Å². The van der Waals surface area contributed by atoms with Gasteiger partial charge >= 0.3 is 6.03 Å². The molecule has 0 aromatic rings. The molecule has 1 fully saturated rings. The summed E-state index contributed by atoms with van der Waals surface area (Å²) in [4.78, 5) is 11.6. The zero-order valence-corrected chi connectivity index (χ0v) is 11.3. The van der Waals surface area contributed by atoms with Gasteiger partial charge in [-0.2, -0.15) is 0 Å². The average molecular weight is 258 g/mol. The van der Waals surface area contributed by atoms with Gasteiger partial charge in [0, 0.05) is 20.3 Å². The fourth-order valence-corrected chi connectivity index (χ4v) is 2.25. The number of rotatable bonds is 7. The number of ether oxygens (including phenoxy) is 1. The van der Waals surface area contributed by atoms with Gasteiger partial charge in [-0.15, -0.1) is 0 Å². The zero-order valence-electron chi connectivity index (χ0n) is 11.3. The highest BCUT2D eigenvalue weighted by Crippen LogP contribution is 2.18.